The van der Waals surface area contributed by atoms with E-state index in [0.29, 0.717) is 5.02 Å². The van der Waals surface area contributed by atoms with Crippen LogP contribution in [0.4, 0.5) is 5.69 Å². The maximum absolute atomic E-state index is 5.96. The Morgan fingerprint density at radius 2 is 2.25 bits per heavy atom. The Kier molecular flexibility index (Phi) is 2.79. The summed E-state index contributed by atoms with van der Waals surface area (Å²) in [5, 5.41) is 6.59. The van der Waals surface area contributed by atoms with Crippen LogP contribution in [0.3, 0.4) is 0 Å². The molecule has 2 rings (SSSR count). The molecule has 0 amide bonds. The summed E-state index contributed by atoms with van der Waals surface area (Å²) >= 11 is 5.96. The van der Waals surface area contributed by atoms with E-state index in [1.54, 1.807) is 11.2 Å². The van der Waals surface area contributed by atoms with Crippen molar-refractivity contribution in [1.82, 2.24) is 5.01 Å². The van der Waals surface area contributed by atoms with Crippen molar-refractivity contribution in [3.05, 3.63) is 35.4 Å². The molecule has 0 aromatic heterocycles. The van der Waals surface area contributed by atoms with Crippen molar-refractivity contribution < 1.29 is 0 Å². The van der Waals surface area contributed by atoms with Crippen molar-refractivity contribution >= 4 is 35.0 Å². The van der Waals surface area contributed by atoms with Crippen LogP contribution in [0, 0.1) is 0 Å². The SMILES string of the molecule is C=C1c2cc(Cl)ccc2N=C(C)N1/N=C\C. The summed E-state index contributed by atoms with van der Waals surface area (Å²) in [6.45, 7) is 7.77. The largest absolute Gasteiger partial charge is 0.233 e. The van der Waals surface area contributed by atoms with Crippen molar-refractivity contribution in [2.24, 2.45) is 10.1 Å². The highest BCUT2D eigenvalue weighted by Gasteiger charge is 2.20. The number of nitrogens with zero attached hydrogens (tertiary/aromatic N) is 3. The Labute approximate surface area is 99.7 Å². The minimum atomic E-state index is 0.676. The second-order valence-electron chi connectivity index (χ2n) is 3.45. The molecule has 3 nitrogen and oxygen atoms in total. The third-order valence-electron chi connectivity index (χ3n) is 2.34. The molecule has 4 heteroatoms. The van der Waals surface area contributed by atoms with E-state index in [1.165, 1.54) is 0 Å². The highest BCUT2D eigenvalue weighted by Crippen LogP contribution is 2.34. The summed E-state index contributed by atoms with van der Waals surface area (Å²) in [6, 6.07) is 5.57. The first-order valence-corrected chi connectivity index (χ1v) is 5.34. The van der Waals surface area contributed by atoms with Gasteiger partial charge in [0.15, 0.2) is 0 Å². The van der Waals surface area contributed by atoms with Crippen LogP contribution in [-0.4, -0.2) is 17.1 Å². The van der Waals surface area contributed by atoms with Gasteiger partial charge in [0.2, 0.25) is 0 Å². The first kappa shape index (κ1) is 10.9. The Morgan fingerprint density at radius 3 is 2.94 bits per heavy atom. The monoisotopic (exact) mass is 233 g/mol. The number of fused-ring (bicyclic) bond motifs is 1. The molecule has 1 aliphatic rings. The molecule has 0 saturated heterocycles. The molecule has 1 aliphatic heterocycles. The number of rotatable bonds is 1. The summed E-state index contributed by atoms with van der Waals surface area (Å²) < 4.78 is 0. The molecule has 1 heterocycles. The van der Waals surface area contributed by atoms with Crippen molar-refractivity contribution in [3.63, 3.8) is 0 Å². The molecule has 1 aromatic rings. The Balaban J connectivity index is 2.56. The molecule has 0 aliphatic carbocycles. The van der Waals surface area contributed by atoms with Gasteiger partial charge >= 0.3 is 0 Å². The second-order valence-corrected chi connectivity index (χ2v) is 3.89. The van der Waals surface area contributed by atoms with Crippen molar-refractivity contribution in [3.8, 4) is 0 Å². The van der Waals surface area contributed by atoms with Gasteiger partial charge in [0, 0.05) is 16.8 Å². The molecular weight excluding hydrogens is 222 g/mol. The van der Waals surface area contributed by atoms with Gasteiger partial charge in [-0.25, -0.2) is 10.0 Å². The van der Waals surface area contributed by atoms with Crippen LogP contribution in [0.1, 0.15) is 19.4 Å². The van der Waals surface area contributed by atoms with Crippen molar-refractivity contribution in [2.45, 2.75) is 13.8 Å². The maximum Gasteiger partial charge on any atom is 0.128 e. The quantitative estimate of drug-likeness (QED) is 0.680. The Hall–Kier alpha value is -1.61. The van der Waals surface area contributed by atoms with E-state index in [-0.39, 0.29) is 0 Å². The zero-order valence-corrected chi connectivity index (χ0v) is 9.99. The lowest BCUT2D eigenvalue weighted by Crippen LogP contribution is -2.24. The van der Waals surface area contributed by atoms with E-state index in [2.05, 4.69) is 16.7 Å². The average Bonchev–Trinajstić information content (AvgIpc) is 2.26. The lowest BCUT2D eigenvalue weighted by atomic mass is 10.1. The first-order valence-electron chi connectivity index (χ1n) is 4.96. The first-order chi connectivity index (χ1) is 7.63. The molecule has 1 aromatic carbocycles. The van der Waals surface area contributed by atoms with Gasteiger partial charge in [0.05, 0.1) is 11.4 Å². The Morgan fingerprint density at radius 1 is 1.50 bits per heavy atom. The lowest BCUT2D eigenvalue weighted by Gasteiger charge is -2.26. The number of hydrogen-bond donors (Lipinski definition) is 0. The van der Waals surface area contributed by atoms with Gasteiger partial charge in [0.25, 0.3) is 0 Å². The van der Waals surface area contributed by atoms with Crippen LogP contribution in [0.15, 0.2) is 34.9 Å². The van der Waals surface area contributed by atoms with Crippen LogP contribution in [0.25, 0.3) is 5.70 Å². The van der Waals surface area contributed by atoms with E-state index in [0.717, 1.165) is 22.8 Å². The van der Waals surface area contributed by atoms with Gasteiger partial charge < -0.3 is 0 Å². The summed E-state index contributed by atoms with van der Waals surface area (Å²) in [6.07, 6.45) is 1.71. The van der Waals surface area contributed by atoms with Crippen molar-refractivity contribution in [2.75, 3.05) is 0 Å². The van der Waals surface area contributed by atoms with Crippen LogP contribution >= 0.6 is 11.6 Å². The van der Waals surface area contributed by atoms with Gasteiger partial charge in [-0.05, 0) is 32.0 Å². The summed E-state index contributed by atoms with van der Waals surface area (Å²) in [5.74, 6) is 0.804. The molecule has 0 atom stereocenters. The third kappa shape index (κ3) is 1.74. The highest BCUT2D eigenvalue weighted by atomic mass is 35.5. The fourth-order valence-electron chi connectivity index (χ4n) is 1.64. The predicted octanol–water partition coefficient (Wildman–Crippen LogP) is 3.68. The molecule has 0 saturated carbocycles. The molecule has 0 bridgehead atoms. The van der Waals surface area contributed by atoms with E-state index < -0.39 is 0 Å². The topological polar surface area (TPSA) is 28.0 Å². The van der Waals surface area contributed by atoms with Gasteiger partial charge in [-0.2, -0.15) is 5.10 Å². The van der Waals surface area contributed by atoms with Crippen molar-refractivity contribution in [1.29, 1.82) is 0 Å². The number of hydrogen-bond acceptors (Lipinski definition) is 3. The van der Waals surface area contributed by atoms with Crippen LogP contribution in [0.5, 0.6) is 0 Å². The summed E-state index contributed by atoms with van der Waals surface area (Å²) in [7, 11) is 0. The van der Waals surface area contributed by atoms with E-state index in [1.807, 2.05) is 32.0 Å². The normalized spacial score (nSPS) is 15.3. The molecule has 82 valence electrons. The number of hydrazone groups is 1. The lowest BCUT2D eigenvalue weighted by molar-refractivity contribution is 0.624. The van der Waals surface area contributed by atoms with Gasteiger partial charge in [-0.1, -0.05) is 18.2 Å². The molecular formula is C12H12ClN3. The minimum absolute atomic E-state index is 0.676. The number of aliphatic imine (C=N–C) groups is 1. The minimum Gasteiger partial charge on any atom is -0.233 e. The number of amidine groups is 1. The molecule has 0 N–H and O–H groups in total. The second kappa shape index (κ2) is 4.10. The smallest absolute Gasteiger partial charge is 0.128 e. The predicted molar refractivity (Wildman–Crippen MR) is 69.3 cm³/mol. The summed E-state index contributed by atoms with van der Waals surface area (Å²) in [4.78, 5) is 4.45. The fourth-order valence-corrected chi connectivity index (χ4v) is 1.81. The average molecular weight is 234 g/mol. The standard InChI is InChI=1S/C12H12ClN3/c1-4-14-16-8(2)11-7-10(13)5-6-12(11)15-9(16)3/h4-7H,2H2,1,3H3/b14-4-. The van der Waals surface area contributed by atoms with E-state index in [9.17, 15) is 0 Å². The number of benzene rings is 1. The maximum atomic E-state index is 5.96. The summed E-state index contributed by atoms with van der Waals surface area (Å²) in [5.41, 5.74) is 2.60. The molecule has 0 radical (unpaired) electrons. The van der Waals surface area contributed by atoms with E-state index in [4.69, 9.17) is 11.6 Å². The van der Waals surface area contributed by atoms with Gasteiger partial charge in [0.1, 0.15) is 5.84 Å². The van der Waals surface area contributed by atoms with Crippen LogP contribution in [-0.2, 0) is 0 Å². The molecule has 0 fully saturated rings. The molecule has 0 spiro atoms. The Bertz CT molecular complexity index is 503. The van der Waals surface area contributed by atoms with Gasteiger partial charge in [-0.15, -0.1) is 0 Å². The van der Waals surface area contributed by atoms with Gasteiger partial charge in [-0.3, -0.25) is 0 Å². The third-order valence-corrected chi connectivity index (χ3v) is 2.58. The molecule has 16 heavy (non-hydrogen) atoms. The highest BCUT2D eigenvalue weighted by molar-refractivity contribution is 6.31. The molecule has 0 unspecified atom stereocenters. The van der Waals surface area contributed by atoms with Crippen LogP contribution < -0.4 is 0 Å². The zero-order chi connectivity index (χ0) is 11.7. The zero-order valence-electron chi connectivity index (χ0n) is 9.24. The van der Waals surface area contributed by atoms with Crippen LogP contribution in [0.2, 0.25) is 5.02 Å². The van der Waals surface area contributed by atoms with E-state index >= 15 is 0 Å². The fraction of sp³-hybridized carbons (Fsp3) is 0.167. The number of halogens is 1.